The lowest BCUT2D eigenvalue weighted by Crippen LogP contribution is -2.49. The molecule has 1 heteroatoms. The maximum absolute atomic E-state index is 3.83. The highest BCUT2D eigenvalue weighted by Crippen LogP contribution is 2.43. The predicted molar refractivity (Wildman–Crippen MR) is 88.2 cm³/mol. The molecule has 1 saturated carbocycles. The Bertz CT molecular complexity index is 365. The summed E-state index contributed by atoms with van der Waals surface area (Å²) in [5, 5.41) is 3.83. The summed E-state index contributed by atoms with van der Waals surface area (Å²) in [7, 11) is 0. The van der Waals surface area contributed by atoms with Crippen LogP contribution in [0.4, 0.5) is 0 Å². The van der Waals surface area contributed by atoms with Gasteiger partial charge in [-0.1, -0.05) is 76.3 Å². The van der Waals surface area contributed by atoms with Crippen molar-refractivity contribution in [2.45, 2.75) is 76.7 Å². The molecule has 1 aliphatic rings. The van der Waals surface area contributed by atoms with E-state index in [4.69, 9.17) is 0 Å². The molecule has 1 N–H and O–H groups in total. The van der Waals surface area contributed by atoms with Gasteiger partial charge in [0.05, 0.1) is 0 Å². The van der Waals surface area contributed by atoms with Gasteiger partial charge in [-0.3, -0.25) is 0 Å². The lowest BCUT2D eigenvalue weighted by molar-refractivity contribution is 0.202. The second-order valence-electron chi connectivity index (χ2n) is 6.34. The Morgan fingerprint density at radius 2 is 1.75 bits per heavy atom. The molecule has 0 aromatic heterocycles. The van der Waals surface area contributed by atoms with E-state index in [1.54, 1.807) is 5.56 Å². The van der Waals surface area contributed by atoms with Crippen molar-refractivity contribution in [1.82, 2.24) is 5.32 Å². The second kappa shape index (κ2) is 7.83. The molecule has 0 radical (unpaired) electrons. The summed E-state index contributed by atoms with van der Waals surface area (Å²) in [5.41, 5.74) is 1.95. The van der Waals surface area contributed by atoms with E-state index in [1.807, 2.05) is 0 Å². The third kappa shape index (κ3) is 3.44. The number of likely N-dealkylation sites (N-methyl/N-ethyl adjacent to an activating group) is 1. The molecule has 2 rings (SSSR count). The highest BCUT2D eigenvalue weighted by Gasteiger charge is 2.40. The maximum atomic E-state index is 3.83. The van der Waals surface area contributed by atoms with Crippen LogP contribution in [0.2, 0.25) is 0 Å². The number of hydrogen-bond acceptors (Lipinski definition) is 1. The van der Waals surface area contributed by atoms with Gasteiger partial charge in [-0.2, -0.15) is 0 Å². The largest absolute Gasteiger partial charge is 0.313 e. The lowest BCUT2D eigenvalue weighted by atomic mass is 9.64. The van der Waals surface area contributed by atoms with E-state index in [0.29, 0.717) is 11.5 Å². The molecule has 0 amide bonds. The first kappa shape index (κ1) is 15.6. The minimum absolute atomic E-state index is 0.380. The normalized spacial score (nSPS) is 19.7. The molecule has 1 atom stereocenters. The average Bonchev–Trinajstić information content (AvgIpc) is 2.53. The van der Waals surface area contributed by atoms with Crippen molar-refractivity contribution in [3.8, 4) is 0 Å². The summed E-state index contributed by atoms with van der Waals surface area (Å²) < 4.78 is 0. The Morgan fingerprint density at radius 3 is 2.35 bits per heavy atom. The van der Waals surface area contributed by atoms with Gasteiger partial charge in [-0.25, -0.2) is 0 Å². The van der Waals surface area contributed by atoms with E-state index < -0.39 is 0 Å². The van der Waals surface area contributed by atoms with Crippen molar-refractivity contribution in [3.63, 3.8) is 0 Å². The Labute approximate surface area is 125 Å². The summed E-state index contributed by atoms with van der Waals surface area (Å²) >= 11 is 0. The number of hydrogen-bond donors (Lipinski definition) is 1. The predicted octanol–water partition coefficient (Wildman–Crippen LogP) is 5.06. The minimum atomic E-state index is 0.380. The number of unbranched alkanes of at least 4 members (excludes halogenated alkanes) is 1. The van der Waals surface area contributed by atoms with Crippen molar-refractivity contribution in [2.24, 2.45) is 0 Å². The van der Waals surface area contributed by atoms with Crippen molar-refractivity contribution in [3.05, 3.63) is 35.9 Å². The lowest BCUT2D eigenvalue weighted by Gasteiger charge is -2.45. The average molecular weight is 273 g/mol. The standard InChI is InChI=1S/C19H31N/c1-3-5-14-18(20-4-2)19(15-10-7-11-16-19)17-12-8-6-9-13-17/h6,8-9,12-13,18,20H,3-5,7,10-11,14-16H2,1-2H3. The molecular formula is C19H31N. The van der Waals surface area contributed by atoms with Crippen LogP contribution in [0.5, 0.6) is 0 Å². The Kier molecular flexibility index (Phi) is 6.09. The van der Waals surface area contributed by atoms with Crippen molar-refractivity contribution >= 4 is 0 Å². The topological polar surface area (TPSA) is 12.0 Å². The van der Waals surface area contributed by atoms with Crippen LogP contribution in [0.1, 0.15) is 70.8 Å². The molecule has 1 fully saturated rings. The van der Waals surface area contributed by atoms with Crippen LogP contribution in [0.3, 0.4) is 0 Å². The van der Waals surface area contributed by atoms with Gasteiger partial charge in [0.2, 0.25) is 0 Å². The van der Waals surface area contributed by atoms with Crippen LogP contribution in [0, 0.1) is 0 Å². The number of benzene rings is 1. The molecule has 1 aliphatic carbocycles. The van der Waals surface area contributed by atoms with Gasteiger partial charge in [0.15, 0.2) is 0 Å². The van der Waals surface area contributed by atoms with E-state index >= 15 is 0 Å². The quantitative estimate of drug-likeness (QED) is 0.732. The number of rotatable bonds is 7. The van der Waals surface area contributed by atoms with Crippen LogP contribution in [-0.2, 0) is 5.41 Å². The van der Waals surface area contributed by atoms with Crippen molar-refractivity contribution in [1.29, 1.82) is 0 Å². The van der Waals surface area contributed by atoms with E-state index in [2.05, 4.69) is 49.5 Å². The molecule has 0 aliphatic heterocycles. The highest BCUT2D eigenvalue weighted by molar-refractivity contribution is 5.28. The molecule has 0 heterocycles. The van der Waals surface area contributed by atoms with E-state index in [1.165, 1.54) is 51.4 Å². The van der Waals surface area contributed by atoms with E-state index in [0.717, 1.165) is 6.54 Å². The van der Waals surface area contributed by atoms with Gasteiger partial charge in [0.25, 0.3) is 0 Å². The molecule has 0 saturated heterocycles. The van der Waals surface area contributed by atoms with Gasteiger partial charge < -0.3 is 5.32 Å². The van der Waals surface area contributed by atoms with Crippen molar-refractivity contribution < 1.29 is 0 Å². The number of nitrogens with one attached hydrogen (secondary N) is 1. The third-order valence-corrected chi connectivity index (χ3v) is 5.06. The van der Waals surface area contributed by atoms with Gasteiger partial charge in [0, 0.05) is 11.5 Å². The summed E-state index contributed by atoms with van der Waals surface area (Å²) in [6, 6.07) is 12.0. The summed E-state index contributed by atoms with van der Waals surface area (Å²) in [6.45, 7) is 5.64. The first-order chi connectivity index (χ1) is 9.83. The monoisotopic (exact) mass is 273 g/mol. The minimum Gasteiger partial charge on any atom is -0.313 e. The van der Waals surface area contributed by atoms with Crippen LogP contribution >= 0.6 is 0 Å². The zero-order valence-electron chi connectivity index (χ0n) is 13.3. The molecular weight excluding hydrogens is 242 g/mol. The van der Waals surface area contributed by atoms with Gasteiger partial charge in [-0.05, 0) is 31.4 Å². The Balaban J connectivity index is 2.28. The Morgan fingerprint density at radius 1 is 1.05 bits per heavy atom. The molecule has 20 heavy (non-hydrogen) atoms. The fraction of sp³-hybridized carbons (Fsp3) is 0.684. The van der Waals surface area contributed by atoms with Crippen LogP contribution in [-0.4, -0.2) is 12.6 Å². The summed E-state index contributed by atoms with van der Waals surface area (Å²) in [6.07, 6.45) is 10.9. The van der Waals surface area contributed by atoms with Crippen molar-refractivity contribution in [2.75, 3.05) is 6.54 Å². The summed E-state index contributed by atoms with van der Waals surface area (Å²) in [5.74, 6) is 0. The first-order valence-corrected chi connectivity index (χ1v) is 8.62. The fourth-order valence-corrected chi connectivity index (χ4v) is 4.02. The van der Waals surface area contributed by atoms with E-state index in [9.17, 15) is 0 Å². The molecule has 0 bridgehead atoms. The third-order valence-electron chi connectivity index (χ3n) is 5.06. The van der Waals surface area contributed by atoms with Crippen LogP contribution in [0.25, 0.3) is 0 Å². The SMILES string of the molecule is CCCCC(NCC)C1(c2ccccc2)CCCCC1. The van der Waals surface area contributed by atoms with Gasteiger partial charge >= 0.3 is 0 Å². The van der Waals surface area contributed by atoms with Crippen LogP contribution in [0.15, 0.2) is 30.3 Å². The zero-order chi connectivity index (χ0) is 14.3. The smallest absolute Gasteiger partial charge is 0.0164 e. The zero-order valence-corrected chi connectivity index (χ0v) is 13.3. The molecule has 1 unspecified atom stereocenters. The molecule has 0 spiro atoms. The second-order valence-corrected chi connectivity index (χ2v) is 6.34. The maximum Gasteiger partial charge on any atom is 0.0164 e. The highest BCUT2D eigenvalue weighted by atomic mass is 14.9. The summed E-state index contributed by atoms with van der Waals surface area (Å²) in [4.78, 5) is 0. The molecule has 112 valence electrons. The molecule has 1 aromatic rings. The fourth-order valence-electron chi connectivity index (χ4n) is 4.02. The Hall–Kier alpha value is -0.820. The molecule has 1 nitrogen and oxygen atoms in total. The van der Waals surface area contributed by atoms with Gasteiger partial charge in [-0.15, -0.1) is 0 Å². The van der Waals surface area contributed by atoms with Gasteiger partial charge in [0.1, 0.15) is 0 Å². The first-order valence-electron chi connectivity index (χ1n) is 8.62. The van der Waals surface area contributed by atoms with E-state index in [-0.39, 0.29) is 0 Å². The molecule has 1 aromatic carbocycles. The van der Waals surface area contributed by atoms with Crippen LogP contribution < -0.4 is 5.32 Å².